The maximum atomic E-state index is 11.8. The second kappa shape index (κ2) is 21.1. The van der Waals surface area contributed by atoms with Gasteiger partial charge in [-0.15, -0.1) is 0 Å². The summed E-state index contributed by atoms with van der Waals surface area (Å²) in [6.07, 6.45) is 2.08. The first kappa shape index (κ1) is 38.4. The van der Waals surface area contributed by atoms with Crippen LogP contribution in [-0.2, 0) is 20.8 Å². The van der Waals surface area contributed by atoms with E-state index in [-0.39, 0.29) is 25.7 Å². The van der Waals surface area contributed by atoms with Gasteiger partial charge in [0.2, 0.25) is 0 Å². The molecule has 252 valence electrons. The zero-order valence-electron chi connectivity index (χ0n) is 27.0. The summed E-state index contributed by atoms with van der Waals surface area (Å²) in [4.78, 5) is 51.8. The average Bonchev–Trinajstić information content (AvgIpc) is 2.96. The standard InChI is InChI=1S/C31H51N7O6S/c1-33(2)11-14-35-15-12-34(3)13-16-36(19-20-37(18-17-35)22-29(39)40)21-28(38(23-30(41)42)24-31(43)44)6-4-5-26-7-9-27(10-8-26)32-25-45/h7-10,28H,4-6,11-24H2,1-3H3,(H,39,40)(H,41,42)(H,43,44). The predicted molar refractivity (Wildman–Crippen MR) is 178 cm³/mol. The van der Waals surface area contributed by atoms with E-state index < -0.39 is 17.9 Å². The summed E-state index contributed by atoms with van der Waals surface area (Å²) in [6.45, 7) is 7.24. The highest BCUT2D eigenvalue weighted by molar-refractivity contribution is 7.78. The van der Waals surface area contributed by atoms with Crippen molar-refractivity contribution in [2.24, 2.45) is 4.99 Å². The summed E-state index contributed by atoms with van der Waals surface area (Å²) >= 11 is 4.67. The molecule has 1 aromatic carbocycles. The molecule has 3 N–H and O–H groups in total. The lowest BCUT2D eigenvalue weighted by Gasteiger charge is -2.37. The van der Waals surface area contributed by atoms with Crippen LogP contribution in [0.15, 0.2) is 29.3 Å². The number of likely N-dealkylation sites (N-methyl/N-ethyl adjacent to an activating group) is 2. The van der Waals surface area contributed by atoms with E-state index in [2.05, 4.69) is 49.0 Å². The molecule has 1 aliphatic heterocycles. The fraction of sp³-hybridized carbons (Fsp3) is 0.677. The molecule has 0 amide bonds. The van der Waals surface area contributed by atoms with Crippen LogP contribution >= 0.6 is 12.2 Å². The van der Waals surface area contributed by atoms with Gasteiger partial charge in [-0.25, -0.2) is 0 Å². The van der Waals surface area contributed by atoms with Crippen molar-refractivity contribution in [1.82, 2.24) is 29.4 Å². The van der Waals surface area contributed by atoms with E-state index in [0.29, 0.717) is 39.1 Å². The van der Waals surface area contributed by atoms with Crippen molar-refractivity contribution < 1.29 is 29.7 Å². The van der Waals surface area contributed by atoms with Gasteiger partial charge in [-0.2, -0.15) is 4.99 Å². The van der Waals surface area contributed by atoms with E-state index in [0.717, 1.165) is 63.4 Å². The summed E-state index contributed by atoms with van der Waals surface area (Å²) in [5, 5.41) is 31.2. The number of carboxylic acid groups (broad SMARTS) is 3. The van der Waals surface area contributed by atoms with Crippen molar-refractivity contribution in [3.8, 4) is 0 Å². The van der Waals surface area contributed by atoms with Gasteiger partial charge in [0.25, 0.3) is 0 Å². The lowest BCUT2D eigenvalue weighted by atomic mass is 10.0. The molecule has 0 bridgehead atoms. The molecule has 45 heavy (non-hydrogen) atoms. The summed E-state index contributed by atoms with van der Waals surface area (Å²) in [6, 6.07) is 7.36. The Hall–Kier alpha value is -2.81. The minimum Gasteiger partial charge on any atom is -0.480 e. The first-order chi connectivity index (χ1) is 21.4. The molecule has 0 radical (unpaired) electrons. The van der Waals surface area contributed by atoms with Crippen LogP contribution in [0.25, 0.3) is 0 Å². The molecule has 1 saturated heterocycles. The maximum absolute atomic E-state index is 11.8. The van der Waals surface area contributed by atoms with Gasteiger partial charge in [0.05, 0.1) is 30.5 Å². The van der Waals surface area contributed by atoms with Crippen LogP contribution in [0, 0.1) is 0 Å². The highest BCUT2D eigenvalue weighted by Crippen LogP contribution is 2.17. The second-order valence-electron chi connectivity index (χ2n) is 12.0. The normalized spacial score (nSPS) is 17.4. The van der Waals surface area contributed by atoms with E-state index in [1.54, 1.807) is 4.90 Å². The molecule has 1 fully saturated rings. The average molecular weight is 650 g/mol. The third-order valence-corrected chi connectivity index (χ3v) is 8.15. The van der Waals surface area contributed by atoms with Crippen LogP contribution in [0.5, 0.6) is 0 Å². The first-order valence-electron chi connectivity index (χ1n) is 15.5. The van der Waals surface area contributed by atoms with E-state index in [9.17, 15) is 29.7 Å². The molecule has 1 heterocycles. The Labute approximate surface area is 272 Å². The Balaban J connectivity index is 2.21. The lowest BCUT2D eigenvalue weighted by Crippen LogP contribution is -2.51. The van der Waals surface area contributed by atoms with Crippen molar-refractivity contribution >= 4 is 41.0 Å². The van der Waals surface area contributed by atoms with E-state index in [1.807, 2.05) is 43.3 Å². The summed E-state index contributed by atoms with van der Waals surface area (Å²) in [5.74, 6) is -3.02. The topological polar surface area (TPSA) is 144 Å². The van der Waals surface area contributed by atoms with Crippen molar-refractivity contribution in [3.05, 3.63) is 29.8 Å². The van der Waals surface area contributed by atoms with Crippen LogP contribution in [0.2, 0.25) is 0 Å². The highest BCUT2D eigenvalue weighted by atomic mass is 32.1. The number of thiocarbonyl (C=S) groups is 1. The minimum atomic E-state index is -1.07. The molecule has 0 aliphatic carbocycles. The lowest BCUT2D eigenvalue weighted by molar-refractivity contribution is -0.143. The van der Waals surface area contributed by atoms with Crippen molar-refractivity contribution in [2.45, 2.75) is 25.3 Å². The van der Waals surface area contributed by atoms with Gasteiger partial charge in [-0.1, -0.05) is 12.1 Å². The number of carboxylic acids is 3. The number of nitrogens with zero attached hydrogens (tertiary/aromatic N) is 7. The van der Waals surface area contributed by atoms with Gasteiger partial charge in [-0.3, -0.25) is 34.0 Å². The Bertz CT molecular complexity index is 1090. The molecule has 2 rings (SSSR count). The number of rotatable bonds is 17. The predicted octanol–water partition coefficient (Wildman–Crippen LogP) is 1.08. The minimum absolute atomic E-state index is 0.0581. The van der Waals surface area contributed by atoms with Gasteiger partial charge in [0.1, 0.15) is 0 Å². The van der Waals surface area contributed by atoms with Gasteiger partial charge < -0.3 is 25.1 Å². The monoisotopic (exact) mass is 649 g/mol. The molecule has 13 nitrogen and oxygen atoms in total. The third-order valence-electron chi connectivity index (χ3n) is 8.06. The fourth-order valence-electron chi connectivity index (χ4n) is 5.41. The van der Waals surface area contributed by atoms with Crippen LogP contribution < -0.4 is 0 Å². The quantitative estimate of drug-likeness (QED) is 0.164. The smallest absolute Gasteiger partial charge is 0.317 e. The van der Waals surface area contributed by atoms with E-state index in [4.69, 9.17) is 0 Å². The number of carbonyl (C=O) groups is 3. The summed E-state index contributed by atoms with van der Waals surface area (Å²) < 4.78 is 0. The number of hydrogen-bond acceptors (Lipinski definition) is 11. The van der Waals surface area contributed by atoms with E-state index in [1.165, 1.54) is 0 Å². The van der Waals surface area contributed by atoms with E-state index >= 15 is 0 Å². The third kappa shape index (κ3) is 16.9. The van der Waals surface area contributed by atoms with Crippen LogP contribution in [0.3, 0.4) is 0 Å². The Morgan fingerprint density at radius 1 is 0.867 bits per heavy atom. The fourth-order valence-corrected chi connectivity index (χ4v) is 5.52. The first-order valence-corrected chi connectivity index (χ1v) is 15.9. The summed E-state index contributed by atoms with van der Waals surface area (Å²) in [5.41, 5.74) is 1.82. The van der Waals surface area contributed by atoms with Gasteiger partial charge in [0, 0.05) is 78.0 Å². The molecule has 1 aromatic rings. The molecule has 1 unspecified atom stereocenters. The van der Waals surface area contributed by atoms with Crippen LogP contribution in [-0.4, -0.2) is 187 Å². The molecule has 1 aliphatic rings. The molecule has 1 atom stereocenters. The van der Waals surface area contributed by atoms with Gasteiger partial charge >= 0.3 is 17.9 Å². The summed E-state index contributed by atoms with van der Waals surface area (Å²) in [7, 11) is 6.18. The molecule has 0 saturated carbocycles. The Kier molecular flexibility index (Phi) is 18.0. The number of aliphatic imine (C=N–C) groups is 1. The number of aryl methyl sites for hydroxylation is 1. The highest BCUT2D eigenvalue weighted by Gasteiger charge is 2.26. The number of aliphatic carboxylic acids is 3. The van der Waals surface area contributed by atoms with Crippen molar-refractivity contribution in [3.63, 3.8) is 0 Å². The van der Waals surface area contributed by atoms with Gasteiger partial charge in [0.15, 0.2) is 0 Å². The maximum Gasteiger partial charge on any atom is 0.317 e. The van der Waals surface area contributed by atoms with Crippen molar-refractivity contribution in [1.29, 1.82) is 0 Å². The largest absolute Gasteiger partial charge is 0.480 e. The zero-order chi connectivity index (χ0) is 33.2. The van der Waals surface area contributed by atoms with Crippen LogP contribution in [0.4, 0.5) is 5.69 Å². The molecule has 14 heteroatoms. The Morgan fingerprint density at radius 3 is 1.98 bits per heavy atom. The number of isothiocyanates is 1. The van der Waals surface area contributed by atoms with Crippen LogP contribution in [0.1, 0.15) is 18.4 Å². The van der Waals surface area contributed by atoms with Gasteiger partial charge in [-0.05, 0) is 70.3 Å². The molecule has 0 spiro atoms. The van der Waals surface area contributed by atoms with Crippen molar-refractivity contribution in [2.75, 3.05) is 113 Å². The number of benzene rings is 1. The SMILES string of the molecule is CN(C)CCN1CCN(C)CCN(CC(CCCc2ccc(N=C=S)cc2)N(CC(=O)O)CC(=O)O)CCN(CC(=O)O)CC1. The molecule has 0 aromatic heterocycles. The zero-order valence-corrected chi connectivity index (χ0v) is 27.8. The molecular formula is C31H51N7O6S. The second-order valence-corrected chi connectivity index (χ2v) is 12.2. The molecular weight excluding hydrogens is 598 g/mol. The number of hydrogen-bond donors (Lipinski definition) is 3. The Morgan fingerprint density at radius 2 is 1.42 bits per heavy atom.